The standard InChI is InChI=1S/C11H14N2O2/c1-4-8(13-12)11-9(14-2)6-5-7-10(11)15-3/h1,5-8,13H,12H2,2-3H3. The van der Waals surface area contributed by atoms with Crippen molar-refractivity contribution in [3.63, 3.8) is 0 Å². The van der Waals surface area contributed by atoms with Crippen LogP contribution < -0.4 is 20.7 Å². The Morgan fingerprint density at radius 3 is 2.20 bits per heavy atom. The van der Waals surface area contributed by atoms with Gasteiger partial charge in [0.15, 0.2) is 0 Å². The van der Waals surface area contributed by atoms with Crippen LogP contribution in [0, 0.1) is 12.3 Å². The third-order valence-corrected chi connectivity index (χ3v) is 2.09. The highest BCUT2D eigenvalue weighted by Crippen LogP contribution is 2.33. The molecular weight excluding hydrogens is 192 g/mol. The van der Waals surface area contributed by atoms with Crippen molar-refractivity contribution in [2.75, 3.05) is 14.2 Å². The van der Waals surface area contributed by atoms with E-state index in [9.17, 15) is 0 Å². The van der Waals surface area contributed by atoms with Crippen molar-refractivity contribution in [2.24, 2.45) is 5.84 Å². The van der Waals surface area contributed by atoms with Crippen LogP contribution in [0.25, 0.3) is 0 Å². The summed E-state index contributed by atoms with van der Waals surface area (Å²) in [6.07, 6.45) is 5.36. The zero-order valence-corrected chi connectivity index (χ0v) is 8.78. The third kappa shape index (κ3) is 2.21. The van der Waals surface area contributed by atoms with Gasteiger partial charge in [0.25, 0.3) is 0 Å². The zero-order chi connectivity index (χ0) is 11.3. The van der Waals surface area contributed by atoms with Gasteiger partial charge in [-0.05, 0) is 12.1 Å². The molecule has 0 spiro atoms. The van der Waals surface area contributed by atoms with Crippen molar-refractivity contribution in [3.05, 3.63) is 23.8 Å². The molecular formula is C11H14N2O2. The predicted molar refractivity (Wildman–Crippen MR) is 58.4 cm³/mol. The first kappa shape index (κ1) is 11.4. The topological polar surface area (TPSA) is 56.5 Å². The Morgan fingerprint density at radius 2 is 1.87 bits per heavy atom. The molecule has 15 heavy (non-hydrogen) atoms. The normalized spacial score (nSPS) is 11.6. The molecule has 1 aromatic rings. The Labute approximate surface area is 89.3 Å². The number of methoxy groups -OCH3 is 2. The molecule has 80 valence electrons. The van der Waals surface area contributed by atoms with E-state index in [0.717, 1.165) is 5.56 Å². The van der Waals surface area contributed by atoms with Crippen molar-refractivity contribution in [1.82, 2.24) is 5.43 Å². The van der Waals surface area contributed by atoms with Crippen molar-refractivity contribution < 1.29 is 9.47 Å². The molecule has 0 aliphatic heterocycles. The van der Waals surface area contributed by atoms with Crippen LogP contribution in [0.15, 0.2) is 18.2 Å². The van der Waals surface area contributed by atoms with E-state index in [-0.39, 0.29) is 0 Å². The van der Waals surface area contributed by atoms with Crippen LogP contribution in [0.1, 0.15) is 11.6 Å². The summed E-state index contributed by atoms with van der Waals surface area (Å²) in [4.78, 5) is 0. The van der Waals surface area contributed by atoms with E-state index in [1.807, 2.05) is 6.07 Å². The lowest BCUT2D eigenvalue weighted by Crippen LogP contribution is -2.27. The first-order chi connectivity index (χ1) is 7.28. The summed E-state index contributed by atoms with van der Waals surface area (Å²) in [6, 6.07) is 5.00. The lowest BCUT2D eigenvalue weighted by atomic mass is 10.1. The van der Waals surface area contributed by atoms with E-state index in [4.69, 9.17) is 21.7 Å². The number of hydrazine groups is 1. The minimum Gasteiger partial charge on any atom is -0.496 e. The van der Waals surface area contributed by atoms with Gasteiger partial charge in [0, 0.05) is 0 Å². The van der Waals surface area contributed by atoms with E-state index in [1.165, 1.54) is 0 Å². The van der Waals surface area contributed by atoms with Crippen molar-refractivity contribution in [1.29, 1.82) is 0 Å². The number of hydrogen-bond acceptors (Lipinski definition) is 4. The maximum absolute atomic E-state index is 5.36. The van der Waals surface area contributed by atoms with Gasteiger partial charge < -0.3 is 9.47 Å². The highest BCUT2D eigenvalue weighted by Gasteiger charge is 2.17. The molecule has 0 aliphatic rings. The average molecular weight is 206 g/mol. The third-order valence-electron chi connectivity index (χ3n) is 2.09. The Morgan fingerprint density at radius 1 is 1.33 bits per heavy atom. The van der Waals surface area contributed by atoms with Gasteiger partial charge in [-0.2, -0.15) is 0 Å². The number of benzene rings is 1. The second-order valence-electron chi connectivity index (χ2n) is 2.84. The molecule has 0 aromatic heterocycles. The fourth-order valence-corrected chi connectivity index (χ4v) is 1.38. The van der Waals surface area contributed by atoms with Crippen molar-refractivity contribution in [3.8, 4) is 23.8 Å². The Balaban J connectivity index is 3.28. The Kier molecular flexibility index (Phi) is 3.98. The largest absolute Gasteiger partial charge is 0.496 e. The Bertz CT molecular complexity index is 349. The molecule has 0 saturated heterocycles. The number of rotatable bonds is 4. The van der Waals surface area contributed by atoms with E-state index >= 15 is 0 Å². The fourth-order valence-electron chi connectivity index (χ4n) is 1.38. The van der Waals surface area contributed by atoms with Gasteiger partial charge in [0.05, 0.1) is 19.8 Å². The minimum atomic E-state index is -0.434. The second-order valence-corrected chi connectivity index (χ2v) is 2.84. The van der Waals surface area contributed by atoms with Gasteiger partial charge in [-0.1, -0.05) is 12.0 Å². The van der Waals surface area contributed by atoms with Gasteiger partial charge in [-0.15, -0.1) is 6.42 Å². The fraction of sp³-hybridized carbons (Fsp3) is 0.273. The van der Waals surface area contributed by atoms with Gasteiger partial charge in [0.1, 0.15) is 17.5 Å². The van der Waals surface area contributed by atoms with Crippen LogP contribution >= 0.6 is 0 Å². The molecule has 1 aromatic carbocycles. The molecule has 1 rings (SSSR count). The van der Waals surface area contributed by atoms with Gasteiger partial charge in [-0.3, -0.25) is 5.84 Å². The quantitative estimate of drug-likeness (QED) is 0.435. The molecule has 0 heterocycles. The van der Waals surface area contributed by atoms with Crippen LogP contribution in [0.4, 0.5) is 0 Å². The lowest BCUT2D eigenvalue weighted by molar-refractivity contribution is 0.379. The van der Waals surface area contributed by atoms with Crippen LogP contribution in [0.2, 0.25) is 0 Å². The summed E-state index contributed by atoms with van der Waals surface area (Å²) < 4.78 is 10.4. The minimum absolute atomic E-state index is 0.434. The first-order valence-electron chi connectivity index (χ1n) is 4.41. The SMILES string of the molecule is C#CC(NN)c1c(OC)cccc1OC. The zero-order valence-electron chi connectivity index (χ0n) is 8.78. The molecule has 3 N–H and O–H groups in total. The average Bonchev–Trinajstić information content (AvgIpc) is 2.30. The van der Waals surface area contributed by atoms with Crippen LogP contribution in [0.5, 0.6) is 11.5 Å². The van der Waals surface area contributed by atoms with E-state index in [1.54, 1.807) is 26.4 Å². The summed E-state index contributed by atoms with van der Waals surface area (Å²) in [7, 11) is 3.14. The molecule has 0 saturated carbocycles. The Hall–Kier alpha value is -1.70. The highest BCUT2D eigenvalue weighted by molar-refractivity contribution is 5.49. The summed E-state index contributed by atoms with van der Waals surface area (Å²) in [5.41, 5.74) is 3.25. The molecule has 1 atom stereocenters. The monoisotopic (exact) mass is 206 g/mol. The highest BCUT2D eigenvalue weighted by atomic mass is 16.5. The van der Waals surface area contributed by atoms with Gasteiger partial charge in [0.2, 0.25) is 0 Å². The number of terminal acetylenes is 1. The predicted octanol–water partition coefficient (Wildman–Crippen LogP) is 0.841. The van der Waals surface area contributed by atoms with E-state index in [2.05, 4.69) is 11.3 Å². The summed E-state index contributed by atoms with van der Waals surface area (Å²) >= 11 is 0. The molecule has 4 nitrogen and oxygen atoms in total. The molecule has 0 amide bonds. The molecule has 4 heteroatoms. The van der Waals surface area contributed by atoms with Crippen LogP contribution in [-0.4, -0.2) is 14.2 Å². The van der Waals surface area contributed by atoms with E-state index < -0.39 is 6.04 Å². The first-order valence-corrected chi connectivity index (χ1v) is 4.41. The molecule has 0 aliphatic carbocycles. The molecule has 0 fully saturated rings. The number of hydrogen-bond donors (Lipinski definition) is 2. The van der Waals surface area contributed by atoms with Crippen LogP contribution in [-0.2, 0) is 0 Å². The molecule has 0 radical (unpaired) electrons. The number of nitrogens with two attached hydrogens (primary N) is 1. The van der Waals surface area contributed by atoms with Gasteiger partial charge in [-0.25, -0.2) is 5.43 Å². The number of nitrogens with one attached hydrogen (secondary N) is 1. The van der Waals surface area contributed by atoms with Gasteiger partial charge >= 0.3 is 0 Å². The second kappa shape index (κ2) is 5.25. The maximum Gasteiger partial charge on any atom is 0.128 e. The van der Waals surface area contributed by atoms with E-state index in [0.29, 0.717) is 11.5 Å². The smallest absolute Gasteiger partial charge is 0.128 e. The molecule has 1 unspecified atom stereocenters. The lowest BCUT2D eigenvalue weighted by Gasteiger charge is -2.17. The summed E-state index contributed by atoms with van der Waals surface area (Å²) in [5.74, 6) is 9.18. The number of ether oxygens (including phenoxy) is 2. The van der Waals surface area contributed by atoms with Crippen molar-refractivity contribution in [2.45, 2.75) is 6.04 Å². The summed E-state index contributed by atoms with van der Waals surface area (Å²) in [6.45, 7) is 0. The van der Waals surface area contributed by atoms with Crippen LogP contribution in [0.3, 0.4) is 0 Å². The summed E-state index contributed by atoms with van der Waals surface area (Å²) in [5, 5.41) is 0. The maximum atomic E-state index is 5.36. The van der Waals surface area contributed by atoms with Crippen molar-refractivity contribution >= 4 is 0 Å². The molecule has 0 bridgehead atoms.